The standard InChI is InChI=1S/C33H30F3N3O6S2/c1-22-11-14-25-7-4-5-10-29(25)31(22)47(43,44)39(21-27-17-18-30(45-27)33(34,35)36)20-23-12-15-24(16-13-23)26-8-6-9-28(19-26)46(41,42)37-32(40)38(2)3/h4-19H,20-21H2,1-3H3,(H,37,40). The van der Waals surface area contributed by atoms with Crippen molar-refractivity contribution in [2.75, 3.05) is 14.1 Å². The highest BCUT2D eigenvalue weighted by Crippen LogP contribution is 2.34. The lowest BCUT2D eigenvalue weighted by Crippen LogP contribution is -2.38. The van der Waals surface area contributed by atoms with Gasteiger partial charge in [-0.25, -0.2) is 26.4 Å². The molecule has 0 saturated carbocycles. The molecule has 47 heavy (non-hydrogen) atoms. The Morgan fingerprint density at radius 1 is 0.809 bits per heavy atom. The van der Waals surface area contributed by atoms with E-state index in [-0.39, 0.29) is 22.1 Å². The van der Waals surface area contributed by atoms with Crippen LogP contribution in [0, 0.1) is 6.92 Å². The number of fused-ring (bicyclic) bond motifs is 1. The van der Waals surface area contributed by atoms with Gasteiger partial charge in [0.2, 0.25) is 15.8 Å². The number of hydrogen-bond donors (Lipinski definition) is 1. The molecule has 246 valence electrons. The number of nitrogens with zero attached hydrogens (tertiary/aromatic N) is 2. The molecule has 0 aliphatic rings. The molecule has 0 radical (unpaired) electrons. The summed E-state index contributed by atoms with van der Waals surface area (Å²) >= 11 is 0. The van der Waals surface area contributed by atoms with E-state index in [1.807, 2.05) is 4.72 Å². The number of amides is 2. The number of urea groups is 1. The molecule has 1 aromatic heterocycles. The first-order valence-electron chi connectivity index (χ1n) is 14.1. The van der Waals surface area contributed by atoms with Gasteiger partial charge in [0.05, 0.1) is 16.3 Å². The fourth-order valence-corrected chi connectivity index (χ4v) is 7.84. The Bertz CT molecular complexity index is 2160. The lowest BCUT2D eigenvalue weighted by atomic mass is 10.0. The van der Waals surface area contributed by atoms with E-state index >= 15 is 0 Å². The quantitative estimate of drug-likeness (QED) is 0.183. The first-order valence-corrected chi connectivity index (χ1v) is 17.1. The lowest BCUT2D eigenvalue weighted by Gasteiger charge is -2.24. The number of aryl methyl sites for hydroxylation is 1. The lowest BCUT2D eigenvalue weighted by molar-refractivity contribution is -0.153. The molecule has 14 heteroatoms. The molecule has 0 atom stereocenters. The van der Waals surface area contributed by atoms with E-state index in [2.05, 4.69) is 0 Å². The molecule has 2 amide bonds. The van der Waals surface area contributed by atoms with Crippen molar-refractivity contribution >= 4 is 36.9 Å². The predicted molar refractivity (Wildman–Crippen MR) is 170 cm³/mol. The van der Waals surface area contributed by atoms with Crippen molar-refractivity contribution in [3.63, 3.8) is 0 Å². The molecule has 4 aromatic carbocycles. The summed E-state index contributed by atoms with van der Waals surface area (Å²) in [5.74, 6) is -1.42. The number of furan rings is 1. The van der Waals surface area contributed by atoms with Crippen molar-refractivity contribution in [1.82, 2.24) is 13.9 Å². The molecule has 0 aliphatic heterocycles. The minimum atomic E-state index is -4.74. The Morgan fingerprint density at radius 2 is 1.51 bits per heavy atom. The van der Waals surface area contributed by atoms with Crippen LogP contribution in [0.1, 0.15) is 22.6 Å². The van der Waals surface area contributed by atoms with E-state index in [0.717, 1.165) is 21.3 Å². The summed E-state index contributed by atoms with van der Waals surface area (Å²) in [7, 11) is -5.63. The van der Waals surface area contributed by atoms with Crippen LogP contribution in [0.3, 0.4) is 0 Å². The van der Waals surface area contributed by atoms with Gasteiger partial charge >= 0.3 is 12.2 Å². The van der Waals surface area contributed by atoms with Crippen LogP contribution in [-0.4, -0.2) is 46.2 Å². The maximum absolute atomic E-state index is 14.3. The summed E-state index contributed by atoms with van der Waals surface area (Å²) in [5, 5.41) is 1.16. The first-order chi connectivity index (χ1) is 22.1. The zero-order valence-electron chi connectivity index (χ0n) is 25.4. The maximum atomic E-state index is 14.3. The highest BCUT2D eigenvalue weighted by Gasteiger charge is 2.36. The van der Waals surface area contributed by atoms with Crippen LogP contribution >= 0.6 is 0 Å². The second-order valence-corrected chi connectivity index (χ2v) is 14.6. The molecule has 1 heterocycles. The number of alkyl halides is 3. The third kappa shape index (κ3) is 7.34. The van der Waals surface area contributed by atoms with Crippen molar-refractivity contribution in [3.8, 4) is 11.1 Å². The SMILES string of the molecule is Cc1ccc2ccccc2c1S(=O)(=O)N(Cc1ccc(-c2cccc(S(=O)(=O)NC(=O)N(C)C)c2)cc1)Cc1ccc(C(F)(F)F)o1. The molecule has 1 N–H and O–H groups in total. The van der Waals surface area contributed by atoms with Crippen LogP contribution in [0.2, 0.25) is 0 Å². The smallest absolute Gasteiger partial charge is 0.449 e. The van der Waals surface area contributed by atoms with Gasteiger partial charge in [0.1, 0.15) is 5.76 Å². The van der Waals surface area contributed by atoms with Crippen LogP contribution < -0.4 is 4.72 Å². The largest absolute Gasteiger partial charge is 0.455 e. The monoisotopic (exact) mass is 685 g/mol. The molecular formula is C33H30F3N3O6S2. The number of carbonyl (C=O) groups is 1. The van der Waals surface area contributed by atoms with Gasteiger partial charge in [0.25, 0.3) is 10.0 Å². The fraction of sp³-hybridized carbons (Fsp3) is 0.182. The Kier molecular flexibility index (Phi) is 9.22. The van der Waals surface area contributed by atoms with Crippen LogP contribution in [0.4, 0.5) is 18.0 Å². The molecule has 5 rings (SSSR count). The molecular weight excluding hydrogens is 656 g/mol. The van der Waals surface area contributed by atoms with E-state index in [1.54, 1.807) is 73.7 Å². The van der Waals surface area contributed by atoms with Gasteiger partial charge < -0.3 is 9.32 Å². The van der Waals surface area contributed by atoms with Gasteiger partial charge in [-0.1, -0.05) is 72.8 Å². The highest BCUT2D eigenvalue weighted by molar-refractivity contribution is 7.90. The Hall–Kier alpha value is -4.66. The molecule has 9 nitrogen and oxygen atoms in total. The Morgan fingerprint density at radius 3 is 2.17 bits per heavy atom. The summed E-state index contributed by atoms with van der Waals surface area (Å²) in [5.41, 5.74) is 2.10. The zero-order chi connectivity index (χ0) is 34.1. The average Bonchev–Trinajstić information content (AvgIpc) is 3.50. The van der Waals surface area contributed by atoms with E-state index in [0.29, 0.717) is 33.0 Å². The minimum absolute atomic E-state index is 0.0363. The molecule has 0 aliphatic carbocycles. The minimum Gasteiger partial charge on any atom is -0.455 e. The van der Waals surface area contributed by atoms with E-state index in [1.165, 1.54) is 32.3 Å². The van der Waals surface area contributed by atoms with Gasteiger partial charge in [-0.15, -0.1) is 0 Å². The summed E-state index contributed by atoms with van der Waals surface area (Å²) in [6.07, 6.45) is -4.74. The topological polar surface area (TPSA) is 117 Å². The van der Waals surface area contributed by atoms with Crippen molar-refractivity contribution < 1.29 is 39.2 Å². The number of halogens is 3. The van der Waals surface area contributed by atoms with Gasteiger partial charge in [-0.3, -0.25) is 0 Å². The van der Waals surface area contributed by atoms with Crippen molar-refractivity contribution in [3.05, 3.63) is 120 Å². The Balaban J connectivity index is 1.49. The van der Waals surface area contributed by atoms with Crippen LogP contribution in [0.5, 0.6) is 0 Å². The van der Waals surface area contributed by atoms with Gasteiger partial charge in [-0.2, -0.15) is 17.5 Å². The predicted octanol–water partition coefficient (Wildman–Crippen LogP) is 6.78. The fourth-order valence-electron chi connectivity index (χ4n) is 4.95. The third-order valence-corrected chi connectivity index (χ3v) is 10.7. The van der Waals surface area contributed by atoms with Gasteiger partial charge in [-0.05, 0) is 58.8 Å². The number of benzene rings is 4. The van der Waals surface area contributed by atoms with Crippen LogP contribution in [0.15, 0.2) is 111 Å². The summed E-state index contributed by atoms with van der Waals surface area (Å²) in [6.45, 7) is 0.973. The molecule has 0 saturated heterocycles. The number of carbonyl (C=O) groups excluding carboxylic acids is 1. The average molecular weight is 686 g/mol. The molecule has 0 unspecified atom stereocenters. The second kappa shape index (κ2) is 12.9. The first kappa shape index (κ1) is 33.7. The van der Waals surface area contributed by atoms with E-state index < -0.39 is 44.6 Å². The summed E-state index contributed by atoms with van der Waals surface area (Å²) < 4.78 is 102. The Labute approximate surface area is 270 Å². The molecule has 0 fully saturated rings. The van der Waals surface area contributed by atoms with Crippen molar-refractivity contribution in [1.29, 1.82) is 0 Å². The van der Waals surface area contributed by atoms with E-state index in [4.69, 9.17) is 4.42 Å². The molecule has 0 spiro atoms. The van der Waals surface area contributed by atoms with Crippen LogP contribution in [-0.2, 0) is 39.3 Å². The maximum Gasteiger partial charge on any atom is 0.449 e. The summed E-state index contributed by atoms with van der Waals surface area (Å²) in [4.78, 5) is 12.9. The van der Waals surface area contributed by atoms with Crippen molar-refractivity contribution in [2.24, 2.45) is 0 Å². The molecule has 5 aromatic rings. The van der Waals surface area contributed by atoms with Crippen molar-refractivity contribution in [2.45, 2.75) is 36.0 Å². The van der Waals surface area contributed by atoms with Crippen LogP contribution in [0.25, 0.3) is 21.9 Å². The van der Waals surface area contributed by atoms with Gasteiger partial charge in [0.15, 0.2) is 0 Å². The second-order valence-electron chi connectivity index (χ2n) is 11.0. The third-order valence-electron chi connectivity index (χ3n) is 7.37. The zero-order valence-corrected chi connectivity index (χ0v) is 27.1. The number of rotatable bonds is 9. The summed E-state index contributed by atoms with van der Waals surface area (Å²) in [6, 6.07) is 24.1. The normalized spacial score (nSPS) is 12.4. The van der Waals surface area contributed by atoms with E-state index in [9.17, 15) is 34.8 Å². The number of nitrogens with one attached hydrogen (secondary N) is 1. The highest BCUT2D eigenvalue weighted by atomic mass is 32.2. The molecule has 0 bridgehead atoms. The van der Waals surface area contributed by atoms with Gasteiger partial charge in [0, 0.05) is 26.0 Å². The number of sulfonamides is 2. The number of hydrogen-bond acceptors (Lipinski definition) is 6.